The monoisotopic (exact) mass is 328 g/mol. The number of thiophene rings is 1. The van der Waals surface area contributed by atoms with Crippen LogP contribution in [0.1, 0.15) is 20.8 Å². The summed E-state index contributed by atoms with van der Waals surface area (Å²) in [5.74, 6) is 0.664. The number of alkyl carbamates (subject to hydrolysis) is 1. The van der Waals surface area contributed by atoms with Gasteiger partial charge < -0.3 is 15.4 Å². The summed E-state index contributed by atoms with van der Waals surface area (Å²) in [6.45, 7) is 6.39. The topological polar surface area (TPSA) is 76.1 Å². The SMILES string of the molecule is CC(C)(C)OC(=O)NCCNc1nc(Cl)nc2sccc12. The Morgan fingerprint density at radius 3 is 2.86 bits per heavy atom. The zero-order valence-electron chi connectivity index (χ0n) is 12.1. The van der Waals surface area contributed by atoms with Gasteiger partial charge in [0.1, 0.15) is 16.2 Å². The second-order valence-electron chi connectivity index (χ2n) is 5.34. The Kier molecular flexibility index (Phi) is 4.84. The van der Waals surface area contributed by atoms with Gasteiger partial charge >= 0.3 is 6.09 Å². The van der Waals surface area contributed by atoms with Crippen molar-refractivity contribution in [3.63, 3.8) is 0 Å². The second-order valence-corrected chi connectivity index (χ2v) is 6.57. The minimum absolute atomic E-state index is 0.201. The number of amides is 1. The number of aromatic nitrogens is 2. The van der Waals surface area contributed by atoms with Crippen LogP contribution in [0.5, 0.6) is 0 Å². The number of hydrogen-bond acceptors (Lipinski definition) is 6. The molecule has 0 saturated heterocycles. The van der Waals surface area contributed by atoms with E-state index in [1.54, 1.807) is 0 Å². The maximum atomic E-state index is 11.5. The van der Waals surface area contributed by atoms with Gasteiger partial charge in [0.05, 0.1) is 5.39 Å². The first kappa shape index (κ1) is 15.8. The first-order valence-corrected chi connectivity index (χ1v) is 7.72. The third kappa shape index (κ3) is 4.71. The molecule has 0 saturated carbocycles. The van der Waals surface area contributed by atoms with Gasteiger partial charge in [0.15, 0.2) is 0 Å². The molecule has 2 aromatic rings. The van der Waals surface area contributed by atoms with Crippen molar-refractivity contribution in [2.24, 2.45) is 0 Å². The Labute approximate surface area is 131 Å². The zero-order valence-corrected chi connectivity index (χ0v) is 13.6. The summed E-state index contributed by atoms with van der Waals surface area (Å²) in [5, 5.41) is 8.85. The van der Waals surface area contributed by atoms with Crippen LogP contribution < -0.4 is 10.6 Å². The van der Waals surface area contributed by atoms with E-state index in [9.17, 15) is 4.79 Å². The number of rotatable bonds is 4. The van der Waals surface area contributed by atoms with Crippen molar-refractivity contribution < 1.29 is 9.53 Å². The van der Waals surface area contributed by atoms with Gasteiger partial charge in [0.25, 0.3) is 0 Å². The van der Waals surface area contributed by atoms with Gasteiger partial charge in [-0.2, -0.15) is 0 Å². The second kappa shape index (κ2) is 6.44. The van der Waals surface area contributed by atoms with Crippen LogP contribution in [0.4, 0.5) is 10.6 Å². The van der Waals surface area contributed by atoms with E-state index >= 15 is 0 Å². The fourth-order valence-electron chi connectivity index (χ4n) is 1.62. The molecule has 0 aliphatic heterocycles. The molecule has 0 unspecified atom stereocenters. The van der Waals surface area contributed by atoms with Gasteiger partial charge in [0, 0.05) is 13.1 Å². The van der Waals surface area contributed by atoms with E-state index in [2.05, 4.69) is 20.6 Å². The van der Waals surface area contributed by atoms with Crippen LogP contribution in [0.25, 0.3) is 10.2 Å². The minimum Gasteiger partial charge on any atom is -0.444 e. The van der Waals surface area contributed by atoms with Crippen LogP contribution in [-0.2, 0) is 4.74 Å². The fraction of sp³-hybridized carbons (Fsp3) is 0.462. The van der Waals surface area contributed by atoms with E-state index in [0.29, 0.717) is 18.9 Å². The number of carbonyl (C=O) groups is 1. The Morgan fingerprint density at radius 1 is 1.38 bits per heavy atom. The molecule has 114 valence electrons. The van der Waals surface area contributed by atoms with Gasteiger partial charge in [-0.15, -0.1) is 11.3 Å². The molecule has 0 radical (unpaired) electrons. The Hall–Kier alpha value is -1.60. The molecule has 0 fully saturated rings. The summed E-state index contributed by atoms with van der Waals surface area (Å²) in [7, 11) is 0. The molecular formula is C13H17ClN4O2S. The van der Waals surface area contributed by atoms with Crippen molar-refractivity contribution in [1.82, 2.24) is 15.3 Å². The van der Waals surface area contributed by atoms with E-state index in [0.717, 1.165) is 10.2 Å². The number of hydrogen-bond donors (Lipinski definition) is 2. The summed E-state index contributed by atoms with van der Waals surface area (Å²) in [4.78, 5) is 20.6. The zero-order chi connectivity index (χ0) is 15.5. The highest BCUT2D eigenvalue weighted by molar-refractivity contribution is 7.16. The van der Waals surface area contributed by atoms with Crippen LogP contribution in [0.15, 0.2) is 11.4 Å². The van der Waals surface area contributed by atoms with Crippen molar-refractivity contribution in [3.8, 4) is 0 Å². The Balaban J connectivity index is 1.85. The number of nitrogens with one attached hydrogen (secondary N) is 2. The third-order valence-corrected chi connectivity index (χ3v) is 3.36. The summed E-state index contributed by atoms with van der Waals surface area (Å²) < 4.78 is 5.14. The molecule has 0 spiro atoms. The van der Waals surface area contributed by atoms with E-state index in [4.69, 9.17) is 16.3 Å². The maximum absolute atomic E-state index is 11.5. The van der Waals surface area contributed by atoms with E-state index in [-0.39, 0.29) is 5.28 Å². The highest BCUT2D eigenvalue weighted by Gasteiger charge is 2.15. The molecule has 2 heterocycles. The molecule has 8 heteroatoms. The number of nitrogens with zero attached hydrogens (tertiary/aromatic N) is 2. The molecule has 2 rings (SSSR count). The predicted octanol–water partition coefficient (Wildman–Crippen LogP) is 3.28. The minimum atomic E-state index is -0.499. The lowest BCUT2D eigenvalue weighted by Crippen LogP contribution is -2.35. The first-order chi connectivity index (χ1) is 9.85. The van der Waals surface area contributed by atoms with E-state index in [1.807, 2.05) is 32.2 Å². The van der Waals surface area contributed by atoms with Gasteiger partial charge in [-0.3, -0.25) is 0 Å². The van der Waals surface area contributed by atoms with Crippen LogP contribution in [0.2, 0.25) is 5.28 Å². The molecule has 0 aliphatic carbocycles. The summed E-state index contributed by atoms with van der Waals surface area (Å²) in [6, 6.07) is 1.93. The average molecular weight is 329 g/mol. The number of carbonyl (C=O) groups excluding carboxylic acids is 1. The highest BCUT2D eigenvalue weighted by Crippen LogP contribution is 2.26. The fourth-order valence-corrected chi connectivity index (χ4v) is 2.61. The number of anilines is 1. The highest BCUT2D eigenvalue weighted by atomic mass is 35.5. The van der Waals surface area contributed by atoms with Crippen LogP contribution in [0, 0.1) is 0 Å². The third-order valence-electron chi connectivity index (χ3n) is 2.38. The molecule has 0 aliphatic rings. The normalized spacial score (nSPS) is 11.4. The lowest BCUT2D eigenvalue weighted by molar-refractivity contribution is 0.0530. The largest absolute Gasteiger partial charge is 0.444 e. The molecule has 0 atom stereocenters. The average Bonchev–Trinajstić information content (AvgIpc) is 2.80. The lowest BCUT2D eigenvalue weighted by Gasteiger charge is -2.19. The molecule has 1 amide bonds. The van der Waals surface area contributed by atoms with Crippen molar-refractivity contribution in [2.75, 3.05) is 18.4 Å². The Bertz CT molecular complexity index is 639. The van der Waals surface area contributed by atoms with Crippen LogP contribution in [-0.4, -0.2) is 34.8 Å². The number of ether oxygens (including phenoxy) is 1. The van der Waals surface area contributed by atoms with Gasteiger partial charge in [-0.25, -0.2) is 14.8 Å². The van der Waals surface area contributed by atoms with E-state index in [1.165, 1.54) is 11.3 Å². The molecule has 0 aromatic carbocycles. The maximum Gasteiger partial charge on any atom is 0.407 e. The molecular weight excluding hydrogens is 312 g/mol. The summed E-state index contributed by atoms with van der Waals surface area (Å²) >= 11 is 7.37. The summed E-state index contributed by atoms with van der Waals surface area (Å²) in [5.41, 5.74) is -0.499. The lowest BCUT2D eigenvalue weighted by atomic mass is 10.2. The molecule has 6 nitrogen and oxygen atoms in total. The first-order valence-electron chi connectivity index (χ1n) is 6.46. The molecule has 2 N–H and O–H groups in total. The van der Waals surface area contributed by atoms with Crippen LogP contribution in [0.3, 0.4) is 0 Å². The molecule has 0 bridgehead atoms. The van der Waals surface area contributed by atoms with Gasteiger partial charge in [-0.1, -0.05) is 0 Å². The van der Waals surface area contributed by atoms with Gasteiger partial charge in [-0.05, 0) is 43.8 Å². The number of fused-ring (bicyclic) bond motifs is 1. The van der Waals surface area contributed by atoms with Crippen LogP contribution >= 0.6 is 22.9 Å². The summed E-state index contributed by atoms with van der Waals surface area (Å²) in [6.07, 6.45) is -0.439. The molecule has 21 heavy (non-hydrogen) atoms. The van der Waals surface area contributed by atoms with Crippen molar-refractivity contribution in [1.29, 1.82) is 0 Å². The van der Waals surface area contributed by atoms with Crippen molar-refractivity contribution in [3.05, 3.63) is 16.7 Å². The van der Waals surface area contributed by atoms with Gasteiger partial charge in [0.2, 0.25) is 5.28 Å². The van der Waals surface area contributed by atoms with Crippen molar-refractivity contribution >= 4 is 45.1 Å². The predicted molar refractivity (Wildman–Crippen MR) is 85.2 cm³/mol. The quantitative estimate of drug-likeness (QED) is 0.665. The van der Waals surface area contributed by atoms with E-state index < -0.39 is 11.7 Å². The molecule has 2 aromatic heterocycles. The Morgan fingerprint density at radius 2 is 2.14 bits per heavy atom. The smallest absolute Gasteiger partial charge is 0.407 e. The van der Waals surface area contributed by atoms with Crippen molar-refractivity contribution in [2.45, 2.75) is 26.4 Å². The standard InChI is InChI=1S/C13H17ClN4O2S/c1-13(2,3)20-12(19)16-6-5-15-9-8-4-7-21-10(8)18-11(14)17-9/h4,7H,5-6H2,1-3H3,(H,16,19)(H,15,17,18). The number of halogens is 1.